The first-order valence-electron chi connectivity index (χ1n) is 12.2. The van der Waals surface area contributed by atoms with E-state index in [0.29, 0.717) is 16.9 Å². The van der Waals surface area contributed by atoms with Gasteiger partial charge in [-0.15, -0.1) is 0 Å². The van der Waals surface area contributed by atoms with Crippen molar-refractivity contribution in [2.24, 2.45) is 46.2 Å². The van der Waals surface area contributed by atoms with Crippen molar-refractivity contribution in [3.05, 3.63) is 0 Å². The summed E-state index contributed by atoms with van der Waals surface area (Å²) < 4.78 is 0. The molecule has 1 heteroatoms. The molecule has 0 aromatic carbocycles. The minimum absolute atomic E-state index is 0.498. The number of nitrogens with two attached hydrogens (primary N) is 1. The molecular weight excluding hydrogens is 314 g/mol. The van der Waals surface area contributed by atoms with E-state index in [1.165, 1.54) is 77.0 Å². The van der Waals surface area contributed by atoms with E-state index in [1.54, 1.807) is 12.8 Å². The Bertz CT molecular complexity index is 487. The molecule has 2 N–H and O–H groups in total. The van der Waals surface area contributed by atoms with Crippen molar-refractivity contribution in [1.29, 1.82) is 0 Å². The number of unbranched alkanes of at least 4 members (excludes halogenated alkanes) is 3. The fourth-order valence-corrected chi connectivity index (χ4v) is 8.69. The summed E-state index contributed by atoms with van der Waals surface area (Å²) in [4.78, 5) is 0. The minimum Gasteiger partial charge on any atom is -0.328 e. The van der Waals surface area contributed by atoms with Crippen LogP contribution in [0.1, 0.15) is 111 Å². The van der Waals surface area contributed by atoms with Gasteiger partial charge in [0.25, 0.3) is 0 Å². The molecule has 0 aromatic heterocycles. The SMILES string of the molecule is CCCCCCC1CC[C@H]2[C@@H]3CCC4CC(N)CC[C@]4(C)[C@@H]3CC[C@]12C. The third kappa shape index (κ3) is 3.09. The minimum atomic E-state index is 0.498. The molecule has 150 valence electrons. The van der Waals surface area contributed by atoms with Crippen molar-refractivity contribution in [3.8, 4) is 0 Å². The van der Waals surface area contributed by atoms with Gasteiger partial charge in [-0.1, -0.05) is 46.5 Å². The van der Waals surface area contributed by atoms with E-state index < -0.39 is 0 Å². The molecule has 4 rings (SSSR count). The lowest BCUT2D eigenvalue weighted by molar-refractivity contribution is -0.113. The van der Waals surface area contributed by atoms with Gasteiger partial charge in [0.15, 0.2) is 0 Å². The van der Waals surface area contributed by atoms with Crippen molar-refractivity contribution in [2.45, 2.75) is 117 Å². The summed E-state index contributed by atoms with van der Waals surface area (Å²) in [5, 5.41) is 0. The zero-order chi connectivity index (χ0) is 18.4. The van der Waals surface area contributed by atoms with Crippen LogP contribution in [0, 0.1) is 40.4 Å². The van der Waals surface area contributed by atoms with Crippen molar-refractivity contribution in [2.75, 3.05) is 0 Å². The van der Waals surface area contributed by atoms with E-state index >= 15 is 0 Å². The lowest BCUT2D eigenvalue weighted by atomic mass is 9.44. The second-order valence-electron chi connectivity index (χ2n) is 11.4. The topological polar surface area (TPSA) is 26.0 Å². The molecule has 0 bridgehead atoms. The first-order chi connectivity index (χ1) is 12.5. The Kier molecular flexibility index (Phi) is 5.50. The standard InChI is InChI=1S/C25H45N/c1-4-5-6-7-8-18-10-12-22-21-11-9-19-17-20(26)13-15-25(19,3)23(21)14-16-24(18,22)2/h18-23H,4-17,26H2,1-3H3/t18?,19?,20?,21-,22-,23+,24+,25-/m0/s1. The van der Waals surface area contributed by atoms with Crippen LogP contribution < -0.4 is 5.73 Å². The van der Waals surface area contributed by atoms with Crippen molar-refractivity contribution in [1.82, 2.24) is 0 Å². The largest absolute Gasteiger partial charge is 0.328 e. The van der Waals surface area contributed by atoms with E-state index in [2.05, 4.69) is 20.8 Å². The summed E-state index contributed by atoms with van der Waals surface area (Å²) >= 11 is 0. The number of fused-ring (bicyclic) bond motifs is 5. The highest BCUT2D eigenvalue weighted by Gasteiger charge is 2.59. The Morgan fingerprint density at radius 1 is 0.808 bits per heavy atom. The van der Waals surface area contributed by atoms with Crippen LogP contribution in [0.25, 0.3) is 0 Å². The molecule has 0 spiro atoms. The van der Waals surface area contributed by atoms with Crippen LogP contribution in [0.3, 0.4) is 0 Å². The molecule has 4 fully saturated rings. The summed E-state index contributed by atoms with van der Waals surface area (Å²) in [5.41, 5.74) is 7.67. The van der Waals surface area contributed by atoms with Gasteiger partial charge in [0.05, 0.1) is 0 Å². The predicted octanol–water partition coefficient (Wildman–Crippen LogP) is 6.94. The van der Waals surface area contributed by atoms with Crippen molar-refractivity contribution >= 4 is 0 Å². The summed E-state index contributed by atoms with van der Waals surface area (Å²) in [6.45, 7) is 7.74. The summed E-state index contributed by atoms with van der Waals surface area (Å²) in [6, 6.07) is 0.498. The molecule has 3 unspecified atom stereocenters. The van der Waals surface area contributed by atoms with Crippen molar-refractivity contribution in [3.63, 3.8) is 0 Å². The normalized spacial score (nSPS) is 50.8. The Morgan fingerprint density at radius 3 is 2.38 bits per heavy atom. The molecule has 0 aliphatic heterocycles. The first kappa shape index (κ1) is 19.3. The smallest absolute Gasteiger partial charge is 0.00418 e. The monoisotopic (exact) mass is 359 g/mol. The van der Waals surface area contributed by atoms with Crippen LogP contribution >= 0.6 is 0 Å². The van der Waals surface area contributed by atoms with E-state index in [9.17, 15) is 0 Å². The van der Waals surface area contributed by atoms with Crippen LogP contribution in [-0.4, -0.2) is 6.04 Å². The lowest BCUT2D eigenvalue weighted by Gasteiger charge is -2.61. The van der Waals surface area contributed by atoms with E-state index in [0.717, 1.165) is 29.6 Å². The Morgan fingerprint density at radius 2 is 1.58 bits per heavy atom. The van der Waals surface area contributed by atoms with Gasteiger partial charge in [0.2, 0.25) is 0 Å². The van der Waals surface area contributed by atoms with Gasteiger partial charge in [-0.05, 0) is 105 Å². The van der Waals surface area contributed by atoms with Crippen LogP contribution in [0.15, 0.2) is 0 Å². The average molecular weight is 360 g/mol. The molecular formula is C25H45N. The van der Waals surface area contributed by atoms with Gasteiger partial charge in [0.1, 0.15) is 0 Å². The average Bonchev–Trinajstić information content (AvgIpc) is 2.96. The molecule has 26 heavy (non-hydrogen) atoms. The molecule has 0 amide bonds. The molecule has 1 nitrogen and oxygen atoms in total. The van der Waals surface area contributed by atoms with Gasteiger partial charge >= 0.3 is 0 Å². The fraction of sp³-hybridized carbons (Fsp3) is 1.00. The molecule has 0 saturated heterocycles. The fourth-order valence-electron chi connectivity index (χ4n) is 8.69. The zero-order valence-electron chi connectivity index (χ0n) is 17.9. The van der Waals surface area contributed by atoms with Gasteiger partial charge in [-0.2, -0.15) is 0 Å². The summed E-state index contributed by atoms with van der Waals surface area (Å²) in [6.07, 6.45) is 20.5. The Balaban J connectivity index is 1.46. The second-order valence-corrected chi connectivity index (χ2v) is 11.4. The molecule has 4 saturated carbocycles. The van der Waals surface area contributed by atoms with Gasteiger partial charge in [0, 0.05) is 6.04 Å². The van der Waals surface area contributed by atoms with E-state index in [4.69, 9.17) is 5.73 Å². The maximum atomic E-state index is 6.36. The van der Waals surface area contributed by atoms with E-state index in [-0.39, 0.29) is 0 Å². The zero-order valence-corrected chi connectivity index (χ0v) is 17.9. The highest BCUT2D eigenvalue weighted by Crippen LogP contribution is 2.67. The molecule has 0 radical (unpaired) electrons. The quantitative estimate of drug-likeness (QED) is 0.528. The van der Waals surface area contributed by atoms with Gasteiger partial charge < -0.3 is 5.73 Å². The Hall–Kier alpha value is -0.0400. The van der Waals surface area contributed by atoms with Crippen LogP contribution in [0.4, 0.5) is 0 Å². The van der Waals surface area contributed by atoms with Crippen LogP contribution in [0.5, 0.6) is 0 Å². The molecule has 4 aliphatic carbocycles. The molecule has 8 atom stereocenters. The third-order valence-electron chi connectivity index (χ3n) is 10.3. The molecule has 0 aromatic rings. The number of hydrogen-bond acceptors (Lipinski definition) is 1. The first-order valence-corrected chi connectivity index (χ1v) is 12.2. The van der Waals surface area contributed by atoms with Gasteiger partial charge in [-0.3, -0.25) is 0 Å². The predicted molar refractivity (Wildman–Crippen MR) is 112 cm³/mol. The maximum Gasteiger partial charge on any atom is 0.00418 e. The van der Waals surface area contributed by atoms with Crippen LogP contribution in [-0.2, 0) is 0 Å². The Labute approximate surface area is 163 Å². The maximum absolute atomic E-state index is 6.36. The van der Waals surface area contributed by atoms with Crippen LogP contribution in [0.2, 0.25) is 0 Å². The highest BCUT2D eigenvalue weighted by atomic mass is 14.7. The van der Waals surface area contributed by atoms with Crippen molar-refractivity contribution < 1.29 is 0 Å². The lowest BCUT2D eigenvalue weighted by Crippen LogP contribution is -2.54. The summed E-state index contributed by atoms with van der Waals surface area (Å²) in [5.74, 6) is 5.08. The third-order valence-corrected chi connectivity index (χ3v) is 10.3. The number of hydrogen-bond donors (Lipinski definition) is 1. The summed E-state index contributed by atoms with van der Waals surface area (Å²) in [7, 11) is 0. The molecule has 4 aliphatic rings. The van der Waals surface area contributed by atoms with E-state index in [1.807, 2.05) is 0 Å². The molecule has 0 heterocycles. The number of rotatable bonds is 5. The van der Waals surface area contributed by atoms with Gasteiger partial charge in [-0.25, -0.2) is 0 Å². The second kappa shape index (κ2) is 7.41. The highest BCUT2D eigenvalue weighted by molar-refractivity contribution is 5.09.